The third-order valence-corrected chi connectivity index (χ3v) is 4.81. The van der Waals surface area contributed by atoms with Crippen LogP contribution in [0, 0.1) is 13.8 Å². The first-order chi connectivity index (χ1) is 12.8. The van der Waals surface area contributed by atoms with Crippen LogP contribution in [0.2, 0.25) is 0 Å². The lowest BCUT2D eigenvalue weighted by atomic mass is 10.0. The fraction of sp³-hybridized carbons (Fsp3) is 0.409. The molecule has 0 N–H and O–H groups in total. The Morgan fingerprint density at radius 3 is 2.22 bits per heavy atom. The molecule has 1 heterocycles. The molecule has 2 aromatic rings. The number of esters is 1. The number of ether oxygens (including phenoxy) is 1. The number of aromatic nitrogens is 1. The van der Waals surface area contributed by atoms with Gasteiger partial charge >= 0.3 is 5.97 Å². The van der Waals surface area contributed by atoms with Crippen LogP contribution in [-0.4, -0.2) is 28.7 Å². The summed E-state index contributed by atoms with van der Waals surface area (Å²) in [5, 5.41) is 0. The Balaban J connectivity index is 1.80. The van der Waals surface area contributed by atoms with Gasteiger partial charge in [0.25, 0.3) is 0 Å². The van der Waals surface area contributed by atoms with Crippen molar-refractivity contribution in [3.8, 4) is 0 Å². The van der Waals surface area contributed by atoms with Crippen molar-refractivity contribution in [3.05, 3.63) is 58.4 Å². The average Bonchev–Trinajstić information content (AvgIpc) is 2.92. The van der Waals surface area contributed by atoms with E-state index in [1.807, 2.05) is 37.6 Å². The summed E-state index contributed by atoms with van der Waals surface area (Å²) in [4.78, 5) is 36.3. The fourth-order valence-electron chi connectivity index (χ4n) is 2.94. The van der Waals surface area contributed by atoms with Gasteiger partial charge in [0.2, 0.25) is 5.78 Å². The summed E-state index contributed by atoms with van der Waals surface area (Å²) in [7, 11) is 1.88. The van der Waals surface area contributed by atoms with Crippen molar-refractivity contribution in [2.75, 3.05) is 6.61 Å². The number of carbonyl (C=O) groups excluding carboxylic acids is 3. The molecule has 0 bridgehead atoms. The van der Waals surface area contributed by atoms with Crippen LogP contribution in [0.15, 0.2) is 30.3 Å². The summed E-state index contributed by atoms with van der Waals surface area (Å²) < 4.78 is 6.97. The second kappa shape index (κ2) is 9.31. The van der Waals surface area contributed by atoms with Crippen molar-refractivity contribution >= 4 is 17.5 Å². The first kappa shape index (κ1) is 20.6. The van der Waals surface area contributed by atoms with E-state index in [-0.39, 0.29) is 31.0 Å². The highest BCUT2D eigenvalue weighted by molar-refractivity contribution is 6.00. The number of Topliss-reactive ketones (excluding diaryl/α,β-unsaturated/α-hetero) is 2. The molecule has 144 valence electrons. The summed E-state index contributed by atoms with van der Waals surface area (Å²) in [5.41, 5.74) is 4.16. The summed E-state index contributed by atoms with van der Waals surface area (Å²) in [5.74, 6) is -0.872. The van der Waals surface area contributed by atoms with Crippen LogP contribution >= 0.6 is 0 Å². The molecule has 1 aromatic carbocycles. The number of ketones is 2. The highest BCUT2D eigenvalue weighted by Crippen LogP contribution is 2.14. The highest BCUT2D eigenvalue weighted by atomic mass is 16.5. The summed E-state index contributed by atoms with van der Waals surface area (Å²) in [6.07, 6.45) is 2.08. The molecule has 0 aliphatic rings. The lowest BCUT2D eigenvalue weighted by molar-refractivity contribution is -0.142. The third-order valence-electron chi connectivity index (χ3n) is 4.81. The normalized spacial score (nSPS) is 10.7. The van der Waals surface area contributed by atoms with Crippen LogP contribution in [-0.2, 0) is 23.0 Å². The zero-order valence-corrected chi connectivity index (χ0v) is 16.5. The molecule has 0 fully saturated rings. The molecule has 0 amide bonds. The largest absolute Gasteiger partial charge is 0.457 e. The lowest BCUT2D eigenvalue weighted by Gasteiger charge is -2.05. The number of aryl methyl sites for hydroxylation is 2. The average molecular weight is 369 g/mol. The van der Waals surface area contributed by atoms with Gasteiger partial charge in [-0.1, -0.05) is 37.6 Å². The van der Waals surface area contributed by atoms with Crippen LogP contribution in [0.5, 0.6) is 0 Å². The standard InChI is InChI=1S/C22H27NO4/c1-5-6-17-7-9-18(10-8-17)20(24)11-12-22(26)27-14-21(25)19-13-15(2)23(4)16(19)3/h7-10,13H,5-6,11-12,14H2,1-4H3. The van der Waals surface area contributed by atoms with E-state index in [4.69, 9.17) is 4.74 Å². The molecule has 0 saturated carbocycles. The van der Waals surface area contributed by atoms with Gasteiger partial charge in [-0.15, -0.1) is 0 Å². The number of nitrogens with zero attached hydrogens (tertiary/aromatic N) is 1. The highest BCUT2D eigenvalue weighted by Gasteiger charge is 2.16. The minimum absolute atomic E-state index is 0.0321. The van der Waals surface area contributed by atoms with Crippen molar-refractivity contribution in [3.63, 3.8) is 0 Å². The SMILES string of the molecule is CCCc1ccc(C(=O)CCC(=O)OCC(=O)c2cc(C)n(C)c2C)cc1. The van der Waals surface area contributed by atoms with E-state index in [0.29, 0.717) is 11.1 Å². The predicted octanol–water partition coefficient (Wildman–Crippen LogP) is 3.98. The smallest absolute Gasteiger partial charge is 0.306 e. The van der Waals surface area contributed by atoms with Gasteiger partial charge in [0.05, 0.1) is 6.42 Å². The monoisotopic (exact) mass is 369 g/mol. The molecule has 5 nitrogen and oxygen atoms in total. The Morgan fingerprint density at radius 2 is 1.67 bits per heavy atom. The van der Waals surface area contributed by atoms with Gasteiger partial charge in [-0.2, -0.15) is 0 Å². The van der Waals surface area contributed by atoms with Gasteiger partial charge in [0.15, 0.2) is 12.4 Å². The summed E-state index contributed by atoms with van der Waals surface area (Å²) in [6.45, 7) is 5.57. The van der Waals surface area contributed by atoms with E-state index in [9.17, 15) is 14.4 Å². The van der Waals surface area contributed by atoms with Crippen LogP contribution in [0.3, 0.4) is 0 Å². The minimum atomic E-state index is -0.537. The molecule has 0 atom stereocenters. The van der Waals surface area contributed by atoms with E-state index in [0.717, 1.165) is 24.2 Å². The number of benzene rings is 1. The number of hydrogen-bond acceptors (Lipinski definition) is 4. The maximum Gasteiger partial charge on any atom is 0.306 e. The second-order valence-corrected chi connectivity index (χ2v) is 6.80. The first-order valence-electron chi connectivity index (χ1n) is 9.27. The minimum Gasteiger partial charge on any atom is -0.457 e. The molecule has 0 radical (unpaired) electrons. The maximum atomic E-state index is 12.2. The van der Waals surface area contributed by atoms with Crippen molar-refractivity contribution in [2.45, 2.75) is 46.5 Å². The lowest BCUT2D eigenvalue weighted by Crippen LogP contribution is -2.15. The summed E-state index contributed by atoms with van der Waals surface area (Å²) in [6, 6.07) is 9.26. The maximum absolute atomic E-state index is 12.2. The van der Waals surface area contributed by atoms with Crippen LogP contribution in [0.1, 0.15) is 63.9 Å². The number of rotatable bonds is 9. The zero-order valence-electron chi connectivity index (χ0n) is 16.5. The molecule has 0 aliphatic heterocycles. The first-order valence-corrected chi connectivity index (χ1v) is 9.27. The Hall–Kier alpha value is -2.69. The molecule has 5 heteroatoms. The van der Waals surface area contributed by atoms with Crippen molar-refractivity contribution < 1.29 is 19.1 Å². The van der Waals surface area contributed by atoms with Gasteiger partial charge in [0.1, 0.15) is 0 Å². The number of hydrogen-bond donors (Lipinski definition) is 0. The molecule has 1 aromatic heterocycles. The molecular formula is C22H27NO4. The number of carbonyl (C=O) groups is 3. The van der Waals surface area contributed by atoms with Gasteiger partial charge in [0, 0.05) is 36.0 Å². The topological polar surface area (TPSA) is 65.4 Å². The van der Waals surface area contributed by atoms with E-state index >= 15 is 0 Å². The Kier molecular flexibility index (Phi) is 7.11. The van der Waals surface area contributed by atoms with Crippen molar-refractivity contribution in [1.29, 1.82) is 0 Å². The Labute approximate surface area is 160 Å². The molecule has 27 heavy (non-hydrogen) atoms. The zero-order chi connectivity index (χ0) is 20.0. The van der Waals surface area contributed by atoms with E-state index in [1.165, 1.54) is 5.56 Å². The molecular weight excluding hydrogens is 342 g/mol. The van der Waals surface area contributed by atoms with E-state index in [2.05, 4.69) is 6.92 Å². The fourth-order valence-corrected chi connectivity index (χ4v) is 2.94. The molecule has 0 saturated heterocycles. The predicted molar refractivity (Wildman–Crippen MR) is 104 cm³/mol. The Bertz CT molecular complexity index is 831. The quantitative estimate of drug-likeness (QED) is 0.495. The van der Waals surface area contributed by atoms with E-state index < -0.39 is 5.97 Å². The van der Waals surface area contributed by atoms with Gasteiger partial charge < -0.3 is 9.30 Å². The summed E-state index contributed by atoms with van der Waals surface area (Å²) >= 11 is 0. The van der Waals surface area contributed by atoms with Crippen LogP contribution in [0.25, 0.3) is 0 Å². The van der Waals surface area contributed by atoms with E-state index in [1.54, 1.807) is 18.2 Å². The molecule has 0 aliphatic carbocycles. The second-order valence-electron chi connectivity index (χ2n) is 6.80. The Morgan fingerprint density at radius 1 is 1.00 bits per heavy atom. The molecule has 0 unspecified atom stereocenters. The molecule has 0 spiro atoms. The van der Waals surface area contributed by atoms with Gasteiger partial charge in [-0.3, -0.25) is 14.4 Å². The van der Waals surface area contributed by atoms with Crippen molar-refractivity contribution in [1.82, 2.24) is 4.57 Å². The van der Waals surface area contributed by atoms with Gasteiger partial charge in [-0.25, -0.2) is 0 Å². The third kappa shape index (κ3) is 5.39. The van der Waals surface area contributed by atoms with Crippen molar-refractivity contribution in [2.24, 2.45) is 7.05 Å². The molecule has 2 rings (SSSR count). The van der Waals surface area contributed by atoms with Crippen LogP contribution < -0.4 is 0 Å². The van der Waals surface area contributed by atoms with Gasteiger partial charge in [-0.05, 0) is 31.9 Å². The van der Waals surface area contributed by atoms with Crippen LogP contribution in [0.4, 0.5) is 0 Å².